The molecule has 4 heterocycles. The van der Waals surface area contributed by atoms with Gasteiger partial charge in [0.15, 0.2) is 10.8 Å². The summed E-state index contributed by atoms with van der Waals surface area (Å²) in [7, 11) is 2.08. The van der Waals surface area contributed by atoms with Gasteiger partial charge in [0, 0.05) is 25.8 Å². The highest BCUT2D eigenvalue weighted by Gasteiger charge is 2.39. The maximum atomic E-state index is 13.2. The first-order valence-electron chi connectivity index (χ1n) is 7.89. The molecular formula is C16H19ClN4O2. The molecule has 6 nitrogen and oxygen atoms in total. The average molecular weight is 335 g/mol. The molecule has 0 aromatic carbocycles. The number of hydrogen-bond acceptors (Lipinski definition) is 4. The molecule has 2 aliphatic rings. The fourth-order valence-corrected chi connectivity index (χ4v) is 3.84. The number of pyridine rings is 1. The number of carbonyl (C=O) groups excluding carboxylic acids is 1. The molecule has 2 aromatic rings. The van der Waals surface area contributed by atoms with Crippen LogP contribution in [0.2, 0.25) is 5.15 Å². The maximum Gasteiger partial charge on any atom is 0.274 e. The van der Waals surface area contributed by atoms with Crippen molar-refractivity contribution in [2.45, 2.75) is 18.6 Å². The number of aromatic nitrogens is 2. The van der Waals surface area contributed by atoms with E-state index in [1.54, 1.807) is 4.40 Å². The van der Waals surface area contributed by atoms with E-state index in [4.69, 9.17) is 16.3 Å². The van der Waals surface area contributed by atoms with Crippen LogP contribution in [0.3, 0.4) is 0 Å². The lowest BCUT2D eigenvalue weighted by Crippen LogP contribution is -2.60. The molecule has 23 heavy (non-hydrogen) atoms. The molecule has 2 aliphatic heterocycles. The van der Waals surface area contributed by atoms with Gasteiger partial charge < -0.3 is 14.5 Å². The molecule has 2 atom stereocenters. The SMILES string of the molecule is CN1CC[C@H]2OCCN(C(=O)c3c(Cl)nc4ccccn34)[C@@H]2C1. The number of morpholine rings is 1. The molecule has 2 aromatic heterocycles. The number of likely N-dealkylation sites (N-methyl/N-ethyl adjacent to an activating group) is 1. The Hall–Kier alpha value is -1.63. The molecule has 2 saturated heterocycles. The van der Waals surface area contributed by atoms with E-state index in [9.17, 15) is 4.79 Å². The molecule has 2 fully saturated rings. The van der Waals surface area contributed by atoms with Crippen LogP contribution in [0.4, 0.5) is 0 Å². The highest BCUT2D eigenvalue weighted by atomic mass is 35.5. The molecule has 122 valence electrons. The van der Waals surface area contributed by atoms with Crippen LogP contribution < -0.4 is 0 Å². The van der Waals surface area contributed by atoms with Gasteiger partial charge >= 0.3 is 0 Å². The van der Waals surface area contributed by atoms with Crippen LogP contribution in [-0.4, -0.2) is 70.5 Å². The quantitative estimate of drug-likeness (QED) is 0.793. The lowest BCUT2D eigenvalue weighted by atomic mass is 9.99. The van der Waals surface area contributed by atoms with E-state index in [0.29, 0.717) is 24.5 Å². The second kappa shape index (κ2) is 5.78. The van der Waals surface area contributed by atoms with Gasteiger partial charge in [-0.15, -0.1) is 0 Å². The number of carbonyl (C=O) groups is 1. The van der Waals surface area contributed by atoms with Crippen molar-refractivity contribution in [3.8, 4) is 0 Å². The molecule has 1 amide bonds. The summed E-state index contributed by atoms with van der Waals surface area (Å²) >= 11 is 6.26. The van der Waals surface area contributed by atoms with Gasteiger partial charge in [-0.3, -0.25) is 9.20 Å². The summed E-state index contributed by atoms with van der Waals surface area (Å²) < 4.78 is 7.64. The number of hydrogen-bond donors (Lipinski definition) is 0. The van der Waals surface area contributed by atoms with Crippen molar-refractivity contribution in [1.82, 2.24) is 19.2 Å². The Kier molecular flexibility index (Phi) is 3.75. The standard InChI is InChI=1S/C16H19ClN4O2/c1-19-7-5-12-11(10-19)20(8-9-23-12)16(22)14-15(17)18-13-4-2-3-6-21(13)14/h2-4,6,11-12H,5,7-10H2,1H3/t11-,12-/m1/s1. The third-order valence-electron chi connectivity index (χ3n) is 4.74. The van der Waals surface area contributed by atoms with E-state index < -0.39 is 0 Å². The summed E-state index contributed by atoms with van der Waals surface area (Å²) in [6, 6.07) is 5.67. The average Bonchev–Trinajstić information content (AvgIpc) is 2.89. The molecule has 0 saturated carbocycles. The lowest BCUT2D eigenvalue weighted by Gasteiger charge is -2.46. The number of rotatable bonds is 1. The first kappa shape index (κ1) is 14.9. The first-order chi connectivity index (χ1) is 11.1. The number of nitrogens with zero attached hydrogens (tertiary/aromatic N) is 4. The zero-order chi connectivity index (χ0) is 16.0. The minimum Gasteiger partial charge on any atom is -0.374 e. The Balaban J connectivity index is 1.71. The molecule has 0 N–H and O–H groups in total. The molecule has 0 spiro atoms. The van der Waals surface area contributed by atoms with Crippen molar-refractivity contribution in [3.63, 3.8) is 0 Å². The highest BCUT2D eigenvalue weighted by Crippen LogP contribution is 2.26. The first-order valence-corrected chi connectivity index (χ1v) is 8.26. The number of likely N-dealkylation sites (tertiary alicyclic amines) is 1. The summed E-state index contributed by atoms with van der Waals surface area (Å²) in [4.78, 5) is 21.6. The van der Waals surface area contributed by atoms with Gasteiger partial charge in [0.25, 0.3) is 5.91 Å². The fourth-order valence-electron chi connectivity index (χ4n) is 3.58. The van der Waals surface area contributed by atoms with Crippen LogP contribution in [0, 0.1) is 0 Å². The van der Waals surface area contributed by atoms with Crippen LogP contribution in [0.15, 0.2) is 24.4 Å². The monoisotopic (exact) mass is 334 g/mol. The van der Waals surface area contributed by atoms with Gasteiger partial charge in [0.2, 0.25) is 0 Å². The topological polar surface area (TPSA) is 50.1 Å². The van der Waals surface area contributed by atoms with Crippen LogP contribution in [0.1, 0.15) is 16.9 Å². The van der Waals surface area contributed by atoms with Crippen molar-refractivity contribution in [1.29, 1.82) is 0 Å². The van der Waals surface area contributed by atoms with Gasteiger partial charge in [-0.25, -0.2) is 4.98 Å². The van der Waals surface area contributed by atoms with E-state index in [1.165, 1.54) is 0 Å². The van der Waals surface area contributed by atoms with Crippen molar-refractivity contribution in [2.24, 2.45) is 0 Å². The number of amides is 1. The molecule has 0 radical (unpaired) electrons. The predicted molar refractivity (Wildman–Crippen MR) is 86.9 cm³/mol. The third kappa shape index (κ3) is 2.51. The van der Waals surface area contributed by atoms with Gasteiger partial charge in [-0.1, -0.05) is 17.7 Å². The van der Waals surface area contributed by atoms with Crippen LogP contribution >= 0.6 is 11.6 Å². The number of halogens is 1. The second-order valence-electron chi connectivity index (χ2n) is 6.21. The molecule has 0 aliphatic carbocycles. The normalized spacial score (nSPS) is 25.6. The van der Waals surface area contributed by atoms with E-state index in [1.807, 2.05) is 29.3 Å². The van der Waals surface area contributed by atoms with E-state index >= 15 is 0 Å². The number of piperidine rings is 1. The number of imidazole rings is 1. The summed E-state index contributed by atoms with van der Waals surface area (Å²) in [5, 5.41) is 0.258. The molecular weight excluding hydrogens is 316 g/mol. The Bertz CT molecular complexity index is 747. The Morgan fingerprint density at radius 1 is 1.39 bits per heavy atom. The van der Waals surface area contributed by atoms with E-state index in [0.717, 1.165) is 19.5 Å². The second-order valence-corrected chi connectivity index (χ2v) is 6.56. The van der Waals surface area contributed by atoms with E-state index in [2.05, 4.69) is 16.9 Å². The Morgan fingerprint density at radius 2 is 2.26 bits per heavy atom. The molecule has 0 unspecified atom stereocenters. The zero-order valence-electron chi connectivity index (χ0n) is 13.0. The van der Waals surface area contributed by atoms with E-state index in [-0.39, 0.29) is 23.2 Å². The van der Waals surface area contributed by atoms with Crippen molar-refractivity contribution < 1.29 is 9.53 Å². The van der Waals surface area contributed by atoms with Crippen molar-refractivity contribution >= 4 is 23.2 Å². The molecule has 7 heteroatoms. The van der Waals surface area contributed by atoms with Crippen molar-refractivity contribution in [3.05, 3.63) is 35.2 Å². The number of fused-ring (bicyclic) bond motifs is 2. The summed E-state index contributed by atoms with van der Waals surface area (Å²) in [6.45, 7) is 2.99. The predicted octanol–water partition coefficient (Wildman–Crippen LogP) is 1.53. The Labute approximate surface area is 139 Å². The van der Waals surface area contributed by atoms with Gasteiger partial charge in [0.05, 0.1) is 18.8 Å². The smallest absolute Gasteiger partial charge is 0.274 e. The van der Waals surface area contributed by atoms with Gasteiger partial charge in [0.1, 0.15) is 5.65 Å². The highest BCUT2D eigenvalue weighted by molar-refractivity contribution is 6.32. The zero-order valence-corrected chi connectivity index (χ0v) is 13.7. The lowest BCUT2D eigenvalue weighted by molar-refractivity contribution is -0.0871. The van der Waals surface area contributed by atoms with Crippen LogP contribution in [0.5, 0.6) is 0 Å². The summed E-state index contributed by atoms with van der Waals surface area (Å²) in [5.74, 6) is -0.0673. The van der Waals surface area contributed by atoms with Gasteiger partial charge in [-0.05, 0) is 25.6 Å². The third-order valence-corrected chi connectivity index (χ3v) is 5.00. The summed E-state index contributed by atoms with van der Waals surface area (Å²) in [5.41, 5.74) is 1.13. The minimum atomic E-state index is -0.0673. The molecule has 4 rings (SSSR count). The van der Waals surface area contributed by atoms with Gasteiger partial charge in [-0.2, -0.15) is 0 Å². The fraction of sp³-hybridized carbons (Fsp3) is 0.500. The Morgan fingerprint density at radius 3 is 3.13 bits per heavy atom. The largest absolute Gasteiger partial charge is 0.374 e. The van der Waals surface area contributed by atoms with Crippen molar-refractivity contribution in [2.75, 3.05) is 33.3 Å². The summed E-state index contributed by atoms with van der Waals surface area (Å²) in [6.07, 6.45) is 2.89. The molecule has 0 bridgehead atoms. The minimum absolute atomic E-state index is 0.0673. The van der Waals surface area contributed by atoms with Crippen LogP contribution in [0.25, 0.3) is 5.65 Å². The maximum absolute atomic E-state index is 13.2. The van der Waals surface area contributed by atoms with Crippen LogP contribution in [-0.2, 0) is 4.74 Å². The number of ether oxygens (including phenoxy) is 1.